The van der Waals surface area contributed by atoms with Crippen LogP contribution in [0.25, 0.3) is 0 Å². The molecule has 2 atom stereocenters. The van der Waals surface area contributed by atoms with Gasteiger partial charge in [0.25, 0.3) is 0 Å². The van der Waals surface area contributed by atoms with Gasteiger partial charge in [0.05, 0.1) is 5.56 Å². The Morgan fingerprint density at radius 2 is 2.31 bits per heavy atom. The minimum Gasteiger partial charge on any atom is -0.478 e. The molecular weight excluding hydrogens is 202 g/mol. The number of hydrogen-bond donors (Lipinski definition) is 2. The Bertz CT molecular complexity index is 389. The Balaban J connectivity index is 2.25. The van der Waals surface area contributed by atoms with Crippen LogP contribution < -0.4 is 5.32 Å². The Kier molecular flexibility index (Phi) is 3.25. The molecule has 0 aliphatic carbocycles. The van der Waals surface area contributed by atoms with Crippen LogP contribution >= 0.6 is 0 Å². The fourth-order valence-electron chi connectivity index (χ4n) is 2.40. The van der Waals surface area contributed by atoms with E-state index in [1.807, 2.05) is 12.1 Å². The first-order valence-electron chi connectivity index (χ1n) is 5.75. The third-order valence-electron chi connectivity index (χ3n) is 3.32. The summed E-state index contributed by atoms with van der Waals surface area (Å²) >= 11 is 0. The zero-order chi connectivity index (χ0) is 11.5. The molecule has 1 saturated heterocycles. The van der Waals surface area contributed by atoms with Gasteiger partial charge in [0.2, 0.25) is 0 Å². The number of nitrogens with one attached hydrogen (secondary N) is 1. The van der Waals surface area contributed by atoms with Crippen LogP contribution in [0.4, 0.5) is 0 Å². The lowest BCUT2D eigenvalue weighted by Gasteiger charge is -2.30. The van der Waals surface area contributed by atoms with Gasteiger partial charge in [-0.3, -0.25) is 0 Å². The highest BCUT2D eigenvalue weighted by Gasteiger charge is 2.22. The average Bonchev–Trinajstić information content (AvgIpc) is 2.30. The third-order valence-corrected chi connectivity index (χ3v) is 3.32. The van der Waals surface area contributed by atoms with Gasteiger partial charge in [0, 0.05) is 6.04 Å². The van der Waals surface area contributed by atoms with E-state index in [1.165, 1.54) is 0 Å². The fourth-order valence-corrected chi connectivity index (χ4v) is 2.40. The van der Waals surface area contributed by atoms with E-state index < -0.39 is 5.97 Å². The molecule has 1 heterocycles. The standard InChI is InChI=1S/C13H17NO2/c1-9-12(6-3-7-14-9)10-4-2-5-11(8-10)13(15)16/h2,4-5,8-9,12,14H,3,6-7H2,1H3,(H,15,16). The molecule has 3 nitrogen and oxygen atoms in total. The average molecular weight is 219 g/mol. The molecule has 0 radical (unpaired) electrons. The third kappa shape index (κ3) is 2.25. The van der Waals surface area contributed by atoms with E-state index in [4.69, 9.17) is 5.11 Å². The van der Waals surface area contributed by atoms with Crippen molar-refractivity contribution in [2.75, 3.05) is 6.54 Å². The van der Waals surface area contributed by atoms with Crippen LogP contribution in [-0.4, -0.2) is 23.7 Å². The van der Waals surface area contributed by atoms with Gasteiger partial charge in [0.1, 0.15) is 0 Å². The zero-order valence-corrected chi connectivity index (χ0v) is 9.44. The largest absolute Gasteiger partial charge is 0.478 e. The first-order valence-corrected chi connectivity index (χ1v) is 5.75. The van der Waals surface area contributed by atoms with Crippen LogP contribution in [0, 0.1) is 0 Å². The van der Waals surface area contributed by atoms with Gasteiger partial charge in [-0.2, -0.15) is 0 Å². The molecule has 3 heteroatoms. The topological polar surface area (TPSA) is 49.3 Å². The molecule has 0 saturated carbocycles. The maximum absolute atomic E-state index is 10.9. The van der Waals surface area contributed by atoms with E-state index in [0.29, 0.717) is 17.5 Å². The fraction of sp³-hybridized carbons (Fsp3) is 0.462. The van der Waals surface area contributed by atoms with Crippen LogP contribution in [0.1, 0.15) is 41.6 Å². The molecular formula is C13H17NO2. The highest BCUT2D eigenvalue weighted by Crippen LogP contribution is 2.28. The van der Waals surface area contributed by atoms with Crippen molar-refractivity contribution in [1.82, 2.24) is 5.32 Å². The summed E-state index contributed by atoms with van der Waals surface area (Å²) in [6.07, 6.45) is 2.30. The number of carboxylic acids is 1. The van der Waals surface area contributed by atoms with Crippen LogP contribution in [0.3, 0.4) is 0 Å². The van der Waals surface area contributed by atoms with Crippen molar-refractivity contribution in [3.05, 3.63) is 35.4 Å². The predicted octanol–water partition coefficient (Wildman–Crippen LogP) is 2.24. The normalized spacial score (nSPS) is 25.3. The predicted molar refractivity (Wildman–Crippen MR) is 62.8 cm³/mol. The van der Waals surface area contributed by atoms with Crippen LogP contribution in [0.5, 0.6) is 0 Å². The van der Waals surface area contributed by atoms with Gasteiger partial charge < -0.3 is 10.4 Å². The molecule has 0 bridgehead atoms. The maximum Gasteiger partial charge on any atom is 0.335 e. The van der Waals surface area contributed by atoms with E-state index in [9.17, 15) is 4.79 Å². The Morgan fingerprint density at radius 3 is 3.00 bits per heavy atom. The van der Waals surface area contributed by atoms with E-state index in [-0.39, 0.29) is 0 Å². The van der Waals surface area contributed by atoms with E-state index in [1.54, 1.807) is 12.1 Å². The van der Waals surface area contributed by atoms with Crippen molar-refractivity contribution < 1.29 is 9.90 Å². The second-order valence-electron chi connectivity index (χ2n) is 4.42. The highest BCUT2D eigenvalue weighted by molar-refractivity contribution is 5.87. The second kappa shape index (κ2) is 4.66. The first-order chi connectivity index (χ1) is 7.68. The van der Waals surface area contributed by atoms with Crippen molar-refractivity contribution in [2.45, 2.75) is 31.7 Å². The number of piperidine rings is 1. The Morgan fingerprint density at radius 1 is 1.50 bits per heavy atom. The van der Waals surface area contributed by atoms with Gasteiger partial charge in [-0.15, -0.1) is 0 Å². The minimum absolute atomic E-state index is 0.385. The summed E-state index contributed by atoms with van der Waals surface area (Å²) in [4.78, 5) is 10.9. The van der Waals surface area contributed by atoms with E-state index >= 15 is 0 Å². The van der Waals surface area contributed by atoms with Crippen molar-refractivity contribution in [1.29, 1.82) is 0 Å². The molecule has 2 unspecified atom stereocenters. The quantitative estimate of drug-likeness (QED) is 0.802. The molecule has 2 rings (SSSR count). The molecule has 16 heavy (non-hydrogen) atoms. The summed E-state index contributed by atoms with van der Waals surface area (Å²) in [5, 5.41) is 12.4. The van der Waals surface area contributed by atoms with E-state index in [0.717, 1.165) is 24.9 Å². The number of carboxylic acid groups (broad SMARTS) is 1. The maximum atomic E-state index is 10.9. The molecule has 2 N–H and O–H groups in total. The number of rotatable bonds is 2. The van der Waals surface area contributed by atoms with Crippen LogP contribution in [0.2, 0.25) is 0 Å². The lowest BCUT2D eigenvalue weighted by molar-refractivity contribution is 0.0696. The lowest BCUT2D eigenvalue weighted by atomic mass is 9.85. The SMILES string of the molecule is CC1NCCCC1c1cccc(C(=O)O)c1. The van der Waals surface area contributed by atoms with Crippen molar-refractivity contribution in [3.63, 3.8) is 0 Å². The lowest BCUT2D eigenvalue weighted by Crippen LogP contribution is -2.37. The number of hydrogen-bond acceptors (Lipinski definition) is 2. The van der Waals surface area contributed by atoms with Gasteiger partial charge in [-0.25, -0.2) is 4.79 Å². The van der Waals surface area contributed by atoms with Crippen LogP contribution in [-0.2, 0) is 0 Å². The molecule has 0 aromatic heterocycles. The number of benzene rings is 1. The molecule has 1 aliphatic heterocycles. The van der Waals surface area contributed by atoms with Gasteiger partial charge in [-0.05, 0) is 49.9 Å². The first kappa shape index (κ1) is 11.1. The second-order valence-corrected chi connectivity index (χ2v) is 4.42. The summed E-state index contributed by atoms with van der Waals surface area (Å²) < 4.78 is 0. The van der Waals surface area contributed by atoms with Crippen molar-refractivity contribution in [2.24, 2.45) is 0 Å². The number of aromatic carboxylic acids is 1. The van der Waals surface area contributed by atoms with Crippen molar-refractivity contribution in [3.8, 4) is 0 Å². The van der Waals surface area contributed by atoms with Gasteiger partial charge in [-0.1, -0.05) is 12.1 Å². The molecule has 1 aromatic rings. The van der Waals surface area contributed by atoms with Gasteiger partial charge >= 0.3 is 5.97 Å². The molecule has 1 fully saturated rings. The summed E-state index contributed by atoms with van der Waals surface area (Å²) in [6.45, 7) is 3.23. The Labute approximate surface area is 95.5 Å². The van der Waals surface area contributed by atoms with Crippen LogP contribution in [0.15, 0.2) is 24.3 Å². The summed E-state index contributed by atoms with van der Waals surface area (Å²) in [5.74, 6) is -0.411. The smallest absolute Gasteiger partial charge is 0.335 e. The summed E-state index contributed by atoms with van der Waals surface area (Å²) in [6, 6.07) is 7.74. The summed E-state index contributed by atoms with van der Waals surface area (Å²) in [5.41, 5.74) is 1.52. The minimum atomic E-state index is -0.849. The highest BCUT2D eigenvalue weighted by atomic mass is 16.4. The van der Waals surface area contributed by atoms with E-state index in [2.05, 4.69) is 12.2 Å². The number of carbonyl (C=O) groups is 1. The molecule has 1 aliphatic rings. The van der Waals surface area contributed by atoms with Gasteiger partial charge in [0.15, 0.2) is 0 Å². The molecule has 0 spiro atoms. The monoisotopic (exact) mass is 219 g/mol. The van der Waals surface area contributed by atoms with Crippen molar-refractivity contribution >= 4 is 5.97 Å². The summed E-state index contributed by atoms with van der Waals surface area (Å²) in [7, 11) is 0. The molecule has 1 aromatic carbocycles. The zero-order valence-electron chi connectivity index (χ0n) is 9.44. The molecule has 86 valence electrons. The molecule has 0 amide bonds. The Hall–Kier alpha value is -1.35.